The molecule has 0 aromatic rings. The van der Waals surface area contributed by atoms with Gasteiger partial charge in [-0.3, -0.25) is 9.59 Å². The summed E-state index contributed by atoms with van der Waals surface area (Å²) in [5.74, 6) is -0.0149. The van der Waals surface area contributed by atoms with Gasteiger partial charge in [0.25, 0.3) is 0 Å². The predicted molar refractivity (Wildman–Crippen MR) is 66.3 cm³/mol. The molecule has 3 N–H and O–H groups in total. The first-order valence-electron chi connectivity index (χ1n) is 6.38. The van der Waals surface area contributed by atoms with Gasteiger partial charge in [-0.1, -0.05) is 6.92 Å². The minimum atomic E-state index is -0.374. The van der Waals surface area contributed by atoms with Crippen LogP contribution >= 0.6 is 0 Å². The zero-order valence-electron chi connectivity index (χ0n) is 10.7. The third kappa shape index (κ3) is 4.34. The van der Waals surface area contributed by atoms with Gasteiger partial charge < -0.3 is 16.0 Å². The van der Waals surface area contributed by atoms with Gasteiger partial charge in [-0.2, -0.15) is 0 Å². The van der Waals surface area contributed by atoms with Crippen LogP contribution < -0.4 is 11.1 Å². The maximum absolute atomic E-state index is 11.7. The Morgan fingerprint density at radius 3 is 3.00 bits per heavy atom. The minimum absolute atomic E-state index is 0.00583. The van der Waals surface area contributed by atoms with Crippen LogP contribution in [0.15, 0.2) is 0 Å². The predicted octanol–water partition coefficient (Wildman–Crippen LogP) is 0.241. The number of amides is 2. The number of likely N-dealkylation sites (tertiary alicyclic amines) is 1. The molecule has 1 saturated heterocycles. The van der Waals surface area contributed by atoms with Crippen LogP contribution in [0.2, 0.25) is 0 Å². The normalized spacial score (nSPS) is 22.4. The van der Waals surface area contributed by atoms with Crippen molar-refractivity contribution < 1.29 is 9.59 Å². The topological polar surface area (TPSA) is 75.4 Å². The van der Waals surface area contributed by atoms with Gasteiger partial charge in [0.2, 0.25) is 11.8 Å². The van der Waals surface area contributed by atoms with Crippen molar-refractivity contribution in [3.63, 3.8) is 0 Å². The fourth-order valence-electron chi connectivity index (χ4n) is 1.88. The summed E-state index contributed by atoms with van der Waals surface area (Å²) < 4.78 is 0. The maximum Gasteiger partial charge on any atom is 0.239 e. The van der Waals surface area contributed by atoms with Gasteiger partial charge in [0.05, 0.1) is 6.04 Å². The van der Waals surface area contributed by atoms with E-state index in [0.717, 1.165) is 25.8 Å². The molecule has 0 spiro atoms. The lowest BCUT2D eigenvalue weighted by Gasteiger charge is -2.30. The molecule has 0 saturated carbocycles. The smallest absolute Gasteiger partial charge is 0.239 e. The Bertz CT molecular complexity index is 281. The van der Waals surface area contributed by atoms with E-state index in [4.69, 9.17) is 5.73 Å². The molecule has 1 aliphatic rings. The second kappa shape index (κ2) is 6.59. The summed E-state index contributed by atoms with van der Waals surface area (Å²) in [6, 6.07) is -0.178. The van der Waals surface area contributed by atoms with E-state index in [0.29, 0.717) is 13.0 Å². The van der Waals surface area contributed by atoms with Crippen LogP contribution in [0.5, 0.6) is 0 Å². The average Bonchev–Trinajstić information content (AvgIpc) is 2.31. The molecule has 1 heterocycles. The molecule has 1 fully saturated rings. The summed E-state index contributed by atoms with van der Waals surface area (Å²) in [6.07, 6.45) is 2.97. The van der Waals surface area contributed by atoms with E-state index in [-0.39, 0.29) is 23.9 Å². The number of nitrogens with two attached hydrogens (primary N) is 1. The Morgan fingerprint density at radius 2 is 2.35 bits per heavy atom. The standard InChI is InChI=1S/C12H23N3O2/c1-3-9(2)14-11(16)6-8-15-7-4-5-10(13)12(15)17/h9-10H,3-8,13H2,1-2H3,(H,14,16). The molecule has 2 unspecified atom stereocenters. The first-order chi connectivity index (χ1) is 8.04. The Labute approximate surface area is 103 Å². The molecule has 2 atom stereocenters. The summed E-state index contributed by atoms with van der Waals surface area (Å²) in [5.41, 5.74) is 5.69. The van der Waals surface area contributed by atoms with Crippen LogP contribution in [0.1, 0.15) is 39.5 Å². The van der Waals surface area contributed by atoms with Crippen molar-refractivity contribution in [2.45, 2.75) is 51.6 Å². The number of nitrogens with zero attached hydrogens (tertiary/aromatic N) is 1. The van der Waals surface area contributed by atoms with E-state index in [1.165, 1.54) is 0 Å². The number of piperidine rings is 1. The van der Waals surface area contributed by atoms with Crippen LogP contribution in [-0.2, 0) is 9.59 Å². The molecular weight excluding hydrogens is 218 g/mol. The van der Waals surface area contributed by atoms with Gasteiger partial charge in [-0.05, 0) is 26.2 Å². The van der Waals surface area contributed by atoms with Crippen molar-refractivity contribution >= 4 is 11.8 Å². The number of hydrogen-bond acceptors (Lipinski definition) is 3. The van der Waals surface area contributed by atoms with Crippen LogP contribution in [0.4, 0.5) is 0 Å². The van der Waals surface area contributed by atoms with Gasteiger partial charge in [-0.15, -0.1) is 0 Å². The van der Waals surface area contributed by atoms with Gasteiger partial charge in [-0.25, -0.2) is 0 Å². The molecule has 0 aliphatic carbocycles. The number of carbonyl (C=O) groups is 2. The summed E-state index contributed by atoms with van der Waals surface area (Å²) in [7, 11) is 0. The van der Waals surface area contributed by atoms with Crippen LogP contribution in [0.3, 0.4) is 0 Å². The second-order valence-corrected chi connectivity index (χ2v) is 4.70. The van der Waals surface area contributed by atoms with E-state index in [9.17, 15) is 9.59 Å². The largest absolute Gasteiger partial charge is 0.354 e. The van der Waals surface area contributed by atoms with Gasteiger partial charge in [0.15, 0.2) is 0 Å². The molecule has 17 heavy (non-hydrogen) atoms. The molecular formula is C12H23N3O2. The highest BCUT2D eigenvalue weighted by Gasteiger charge is 2.25. The Kier molecular flexibility index (Phi) is 5.41. The third-order valence-electron chi connectivity index (χ3n) is 3.20. The number of nitrogens with one attached hydrogen (secondary N) is 1. The van der Waals surface area contributed by atoms with Crippen LogP contribution in [0, 0.1) is 0 Å². The van der Waals surface area contributed by atoms with E-state index >= 15 is 0 Å². The fourth-order valence-corrected chi connectivity index (χ4v) is 1.88. The van der Waals surface area contributed by atoms with E-state index in [1.54, 1.807) is 4.90 Å². The number of carbonyl (C=O) groups excluding carboxylic acids is 2. The van der Waals surface area contributed by atoms with Gasteiger partial charge in [0.1, 0.15) is 0 Å². The van der Waals surface area contributed by atoms with Gasteiger partial charge in [0, 0.05) is 25.6 Å². The Balaban J connectivity index is 2.30. The molecule has 1 aliphatic heterocycles. The summed E-state index contributed by atoms with van der Waals surface area (Å²) in [6.45, 7) is 5.20. The van der Waals surface area contributed by atoms with Crippen molar-refractivity contribution in [3.05, 3.63) is 0 Å². The summed E-state index contributed by atoms with van der Waals surface area (Å²) in [5, 5.41) is 2.89. The third-order valence-corrected chi connectivity index (χ3v) is 3.20. The molecule has 5 heteroatoms. The minimum Gasteiger partial charge on any atom is -0.354 e. The number of hydrogen-bond donors (Lipinski definition) is 2. The van der Waals surface area contributed by atoms with Crippen molar-refractivity contribution in [1.29, 1.82) is 0 Å². The zero-order valence-corrected chi connectivity index (χ0v) is 10.7. The van der Waals surface area contributed by atoms with Crippen molar-refractivity contribution in [2.75, 3.05) is 13.1 Å². The van der Waals surface area contributed by atoms with Crippen LogP contribution in [-0.4, -0.2) is 41.9 Å². The quantitative estimate of drug-likeness (QED) is 0.724. The Morgan fingerprint density at radius 1 is 1.65 bits per heavy atom. The molecule has 0 aromatic carbocycles. The summed E-state index contributed by atoms with van der Waals surface area (Å²) >= 11 is 0. The highest BCUT2D eigenvalue weighted by Crippen LogP contribution is 2.10. The molecule has 98 valence electrons. The van der Waals surface area contributed by atoms with Gasteiger partial charge >= 0.3 is 0 Å². The molecule has 0 aromatic heterocycles. The maximum atomic E-state index is 11.7. The SMILES string of the molecule is CCC(C)NC(=O)CCN1CCCC(N)C1=O. The number of rotatable bonds is 5. The van der Waals surface area contributed by atoms with Crippen molar-refractivity contribution in [1.82, 2.24) is 10.2 Å². The highest BCUT2D eigenvalue weighted by molar-refractivity contribution is 5.83. The van der Waals surface area contributed by atoms with E-state index in [1.807, 2.05) is 13.8 Å². The van der Waals surface area contributed by atoms with E-state index in [2.05, 4.69) is 5.32 Å². The highest BCUT2D eigenvalue weighted by atomic mass is 16.2. The average molecular weight is 241 g/mol. The van der Waals surface area contributed by atoms with Crippen molar-refractivity contribution in [3.8, 4) is 0 Å². The first-order valence-corrected chi connectivity index (χ1v) is 6.38. The molecule has 0 radical (unpaired) electrons. The Hall–Kier alpha value is -1.10. The molecule has 5 nitrogen and oxygen atoms in total. The first kappa shape index (κ1) is 14.0. The van der Waals surface area contributed by atoms with Crippen LogP contribution in [0.25, 0.3) is 0 Å². The van der Waals surface area contributed by atoms with E-state index < -0.39 is 0 Å². The van der Waals surface area contributed by atoms with Crippen molar-refractivity contribution in [2.24, 2.45) is 5.73 Å². The molecule has 1 rings (SSSR count). The second-order valence-electron chi connectivity index (χ2n) is 4.70. The fraction of sp³-hybridized carbons (Fsp3) is 0.833. The monoisotopic (exact) mass is 241 g/mol. The molecule has 2 amide bonds. The summed E-state index contributed by atoms with van der Waals surface area (Å²) in [4.78, 5) is 24.9. The lowest BCUT2D eigenvalue weighted by Crippen LogP contribution is -2.49. The lowest BCUT2D eigenvalue weighted by atomic mass is 10.1. The zero-order chi connectivity index (χ0) is 12.8. The molecule has 0 bridgehead atoms. The lowest BCUT2D eigenvalue weighted by molar-refractivity contribution is -0.135.